The second-order valence-electron chi connectivity index (χ2n) is 7.53. The van der Waals surface area contributed by atoms with E-state index in [4.69, 9.17) is 4.43 Å². The Morgan fingerprint density at radius 1 is 1.04 bits per heavy atom. The van der Waals surface area contributed by atoms with Gasteiger partial charge in [0, 0.05) is 16.7 Å². The maximum Gasteiger partial charge on any atom is 0.205 e. The predicted molar refractivity (Wildman–Crippen MR) is 97.9 cm³/mol. The largest absolute Gasteiger partial charge is 0.507 e. The molecular weight excluding hydrogens is 316 g/mol. The van der Waals surface area contributed by atoms with Crippen molar-refractivity contribution in [3.8, 4) is 16.9 Å². The monoisotopic (exact) mass is 339 g/mol. The summed E-state index contributed by atoms with van der Waals surface area (Å²) in [4.78, 5) is 13.0. The molecule has 1 N–H and O–H groups in total. The van der Waals surface area contributed by atoms with Crippen LogP contribution in [0.15, 0.2) is 30.3 Å². The molecule has 3 nitrogen and oxygen atoms in total. The zero-order valence-electron chi connectivity index (χ0n) is 14.9. The minimum Gasteiger partial charge on any atom is -0.507 e. The zero-order valence-corrected chi connectivity index (χ0v) is 15.9. The molecule has 0 aromatic heterocycles. The third-order valence-electron chi connectivity index (χ3n) is 4.41. The van der Waals surface area contributed by atoms with Crippen LogP contribution < -0.4 is 0 Å². The quantitative estimate of drug-likeness (QED) is 0.705. The van der Waals surface area contributed by atoms with Crippen molar-refractivity contribution in [3.05, 3.63) is 52.6 Å². The molecule has 0 spiro atoms. The van der Waals surface area contributed by atoms with Gasteiger partial charge in [0.25, 0.3) is 0 Å². The molecule has 0 fully saturated rings. The first kappa shape index (κ1) is 16.9. The Bertz CT molecular complexity index is 816. The van der Waals surface area contributed by atoms with Crippen molar-refractivity contribution in [2.45, 2.75) is 45.9 Å². The van der Waals surface area contributed by atoms with E-state index in [-0.39, 0.29) is 16.9 Å². The molecule has 1 aliphatic carbocycles. The maximum atomic E-state index is 13.0. The summed E-state index contributed by atoms with van der Waals surface area (Å²) in [5.41, 5.74) is 4.69. The number of hydrogen-bond acceptors (Lipinski definition) is 3. The number of carbonyl (C=O) groups is 1. The normalized spacial score (nSPS) is 13.3. The summed E-state index contributed by atoms with van der Waals surface area (Å²) >= 11 is 0. The summed E-state index contributed by atoms with van der Waals surface area (Å²) in [6, 6.07) is 9.43. The van der Waals surface area contributed by atoms with E-state index in [0.717, 1.165) is 16.7 Å². The van der Waals surface area contributed by atoms with E-state index in [0.29, 0.717) is 23.3 Å². The first-order chi connectivity index (χ1) is 11.2. The van der Waals surface area contributed by atoms with Crippen molar-refractivity contribution in [1.82, 2.24) is 0 Å². The highest BCUT2D eigenvalue weighted by atomic mass is 28.3. The van der Waals surface area contributed by atoms with Gasteiger partial charge in [0.2, 0.25) is 9.04 Å². The minimum absolute atomic E-state index is 0.0124. The van der Waals surface area contributed by atoms with E-state index >= 15 is 0 Å². The first-order valence-electron chi connectivity index (χ1n) is 8.17. The topological polar surface area (TPSA) is 46.5 Å². The Morgan fingerprint density at radius 3 is 2.38 bits per heavy atom. The molecule has 0 atom stereocenters. The Hall–Kier alpha value is -1.91. The van der Waals surface area contributed by atoms with Crippen LogP contribution in [0.4, 0.5) is 0 Å². The van der Waals surface area contributed by atoms with Crippen LogP contribution in [-0.2, 0) is 16.4 Å². The van der Waals surface area contributed by atoms with Crippen LogP contribution in [0.25, 0.3) is 11.1 Å². The van der Waals surface area contributed by atoms with E-state index in [9.17, 15) is 9.90 Å². The van der Waals surface area contributed by atoms with Gasteiger partial charge in [-0.15, -0.1) is 0 Å². The number of phenolic OH excluding ortho intramolecular Hbond substituents is 1. The summed E-state index contributed by atoms with van der Waals surface area (Å²) in [7, 11) is -0.843. The lowest BCUT2D eigenvalue weighted by Gasteiger charge is -2.19. The third kappa shape index (κ3) is 2.80. The molecule has 0 aliphatic heterocycles. The van der Waals surface area contributed by atoms with Gasteiger partial charge in [0.15, 0.2) is 5.78 Å². The summed E-state index contributed by atoms with van der Waals surface area (Å²) < 4.78 is 5.79. The average molecular weight is 339 g/mol. The first-order valence-corrected chi connectivity index (χ1v) is 10.6. The molecule has 0 amide bonds. The van der Waals surface area contributed by atoms with E-state index in [1.54, 1.807) is 12.1 Å². The molecule has 0 saturated carbocycles. The van der Waals surface area contributed by atoms with Crippen LogP contribution in [0.3, 0.4) is 0 Å². The summed E-state index contributed by atoms with van der Waals surface area (Å²) in [6.07, 6.45) is 0. The molecule has 1 aliphatic rings. The molecule has 2 aromatic carbocycles. The van der Waals surface area contributed by atoms with Crippen LogP contribution in [0.2, 0.25) is 13.1 Å². The molecule has 24 heavy (non-hydrogen) atoms. The minimum atomic E-state index is -0.843. The maximum absolute atomic E-state index is 13.0. The highest BCUT2D eigenvalue weighted by Crippen LogP contribution is 2.45. The number of phenols is 1. The van der Waals surface area contributed by atoms with Crippen LogP contribution in [0.1, 0.15) is 47.8 Å². The van der Waals surface area contributed by atoms with E-state index < -0.39 is 9.04 Å². The van der Waals surface area contributed by atoms with Gasteiger partial charge in [-0.2, -0.15) is 0 Å². The van der Waals surface area contributed by atoms with E-state index in [1.165, 1.54) is 0 Å². The van der Waals surface area contributed by atoms with Gasteiger partial charge in [-0.3, -0.25) is 4.79 Å². The predicted octanol–water partition coefficient (Wildman–Crippen LogP) is 4.67. The standard InChI is InChI=1S/C20H23O3Si/c1-20(2,3)13-7-8-14-15(10-13)19(22)17-12(11-23-24(4)5)6-9-16(21)18(14)17/h6-10,21H,11H2,1-5H3. The van der Waals surface area contributed by atoms with Gasteiger partial charge < -0.3 is 9.53 Å². The fourth-order valence-electron chi connectivity index (χ4n) is 3.06. The van der Waals surface area contributed by atoms with Crippen LogP contribution in [0.5, 0.6) is 5.75 Å². The molecule has 4 heteroatoms. The number of benzene rings is 2. The Morgan fingerprint density at radius 2 is 1.75 bits per heavy atom. The SMILES string of the molecule is C[Si](C)OCc1ccc(O)c2c1C(=O)c1cc(C(C)(C)C)ccc1-2. The summed E-state index contributed by atoms with van der Waals surface area (Å²) in [5, 5.41) is 10.3. The van der Waals surface area contributed by atoms with Gasteiger partial charge >= 0.3 is 0 Å². The summed E-state index contributed by atoms with van der Waals surface area (Å²) in [5.74, 6) is 0.143. The second-order valence-corrected chi connectivity index (χ2v) is 9.64. The van der Waals surface area contributed by atoms with E-state index in [2.05, 4.69) is 33.9 Å². The van der Waals surface area contributed by atoms with Gasteiger partial charge in [0.05, 0.1) is 6.61 Å². The fraction of sp³-hybridized carbons (Fsp3) is 0.350. The number of carbonyl (C=O) groups excluding carboxylic acids is 1. The van der Waals surface area contributed by atoms with Crippen molar-refractivity contribution < 1.29 is 14.3 Å². The van der Waals surface area contributed by atoms with Crippen LogP contribution in [-0.4, -0.2) is 19.9 Å². The highest BCUT2D eigenvalue weighted by Gasteiger charge is 2.32. The smallest absolute Gasteiger partial charge is 0.205 e. The Kier molecular flexibility index (Phi) is 4.14. The molecule has 0 saturated heterocycles. The van der Waals surface area contributed by atoms with Gasteiger partial charge in [-0.05, 0) is 47.3 Å². The van der Waals surface area contributed by atoms with Crippen LogP contribution >= 0.6 is 0 Å². The summed E-state index contributed by atoms with van der Waals surface area (Å²) in [6.45, 7) is 10.9. The number of hydrogen-bond donors (Lipinski definition) is 1. The molecule has 0 heterocycles. The van der Waals surface area contributed by atoms with Crippen molar-refractivity contribution in [2.75, 3.05) is 0 Å². The third-order valence-corrected chi connectivity index (χ3v) is 5.13. The molecular formula is C20H23O3Si. The van der Waals surface area contributed by atoms with Crippen LogP contribution in [0, 0.1) is 0 Å². The van der Waals surface area contributed by atoms with Gasteiger partial charge in [-0.25, -0.2) is 0 Å². The Balaban J connectivity index is 2.14. The fourth-order valence-corrected chi connectivity index (χ4v) is 3.50. The lowest BCUT2D eigenvalue weighted by molar-refractivity contribution is 0.104. The van der Waals surface area contributed by atoms with Crippen molar-refractivity contribution >= 4 is 14.8 Å². The number of ketones is 1. The molecule has 125 valence electrons. The van der Waals surface area contributed by atoms with Crippen molar-refractivity contribution in [2.24, 2.45) is 0 Å². The average Bonchev–Trinajstić information content (AvgIpc) is 2.80. The Labute approximate surface area is 145 Å². The molecule has 1 radical (unpaired) electrons. The molecule has 2 aromatic rings. The lowest BCUT2D eigenvalue weighted by atomic mass is 9.85. The van der Waals surface area contributed by atoms with Gasteiger partial charge in [0.1, 0.15) is 5.75 Å². The highest BCUT2D eigenvalue weighted by molar-refractivity contribution is 6.48. The second kappa shape index (κ2) is 5.87. The number of rotatable bonds is 3. The zero-order chi connectivity index (χ0) is 17.6. The number of aromatic hydroxyl groups is 1. The van der Waals surface area contributed by atoms with E-state index in [1.807, 2.05) is 18.2 Å². The number of fused-ring (bicyclic) bond motifs is 3. The van der Waals surface area contributed by atoms with Crippen molar-refractivity contribution in [3.63, 3.8) is 0 Å². The molecule has 0 unspecified atom stereocenters. The van der Waals surface area contributed by atoms with Crippen molar-refractivity contribution in [1.29, 1.82) is 0 Å². The molecule has 3 rings (SSSR count). The molecule has 0 bridgehead atoms. The van der Waals surface area contributed by atoms with Gasteiger partial charge in [-0.1, -0.05) is 39.0 Å². The lowest BCUT2D eigenvalue weighted by Crippen LogP contribution is -2.12.